The molecule has 0 spiro atoms. The molecule has 0 unspecified atom stereocenters. The number of fused-ring (bicyclic) bond motifs is 1. The van der Waals surface area contributed by atoms with E-state index in [0.29, 0.717) is 16.7 Å². The maximum Gasteiger partial charge on any atom is 0.257 e. The summed E-state index contributed by atoms with van der Waals surface area (Å²) >= 11 is 0. The van der Waals surface area contributed by atoms with Crippen molar-refractivity contribution in [3.63, 3.8) is 0 Å². The molecule has 6 heteroatoms. The summed E-state index contributed by atoms with van der Waals surface area (Å²) in [6, 6.07) is 0. The van der Waals surface area contributed by atoms with Gasteiger partial charge in [-0.2, -0.15) is 5.10 Å². The predicted octanol–water partition coefficient (Wildman–Crippen LogP) is 2.27. The first-order valence-corrected chi connectivity index (χ1v) is 9.31. The number of rotatable bonds is 2. The number of nitrogens with one attached hydrogen (secondary N) is 2. The zero-order valence-electron chi connectivity index (χ0n) is 14.8. The third-order valence-electron chi connectivity index (χ3n) is 6.71. The number of H-pyrrole nitrogens is 1. The van der Waals surface area contributed by atoms with Crippen molar-refractivity contribution < 1.29 is 4.79 Å². The van der Waals surface area contributed by atoms with Gasteiger partial charge in [0.1, 0.15) is 11.2 Å². The number of carbonyl (C=O) groups is 1. The molecule has 2 heterocycles. The van der Waals surface area contributed by atoms with Crippen molar-refractivity contribution >= 4 is 16.9 Å². The molecular weight excluding hydrogens is 316 g/mol. The Kier molecular flexibility index (Phi) is 3.01. The van der Waals surface area contributed by atoms with Gasteiger partial charge >= 0.3 is 0 Å². The summed E-state index contributed by atoms with van der Waals surface area (Å²) in [5.41, 5.74) is 1.22. The Bertz CT molecular complexity index is 903. The van der Waals surface area contributed by atoms with E-state index in [9.17, 15) is 9.59 Å². The van der Waals surface area contributed by atoms with E-state index in [-0.39, 0.29) is 22.4 Å². The molecule has 132 valence electrons. The van der Waals surface area contributed by atoms with Crippen LogP contribution >= 0.6 is 0 Å². The summed E-state index contributed by atoms with van der Waals surface area (Å²) in [6.07, 6.45) is 8.77. The first-order chi connectivity index (χ1) is 11.9. The zero-order chi connectivity index (χ0) is 17.3. The van der Waals surface area contributed by atoms with Gasteiger partial charge in [-0.1, -0.05) is 0 Å². The van der Waals surface area contributed by atoms with Crippen LogP contribution in [-0.4, -0.2) is 26.2 Å². The van der Waals surface area contributed by atoms with E-state index in [1.54, 1.807) is 24.9 Å². The number of hydrogen-bond donors (Lipinski definition) is 2. The van der Waals surface area contributed by atoms with Gasteiger partial charge in [-0.25, -0.2) is 0 Å². The number of carbonyl (C=O) groups excluding carboxylic acids is 1. The van der Waals surface area contributed by atoms with E-state index in [1.807, 2.05) is 0 Å². The van der Waals surface area contributed by atoms with E-state index < -0.39 is 0 Å². The van der Waals surface area contributed by atoms with Gasteiger partial charge in [-0.15, -0.1) is 0 Å². The van der Waals surface area contributed by atoms with Crippen LogP contribution in [0.3, 0.4) is 0 Å². The molecule has 2 aromatic heterocycles. The largest absolute Gasteiger partial charge is 0.346 e. The number of nitrogens with zero attached hydrogens (tertiary/aromatic N) is 2. The van der Waals surface area contributed by atoms with Gasteiger partial charge < -0.3 is 10.3 Å². The third kappa shape index (κ3) is 2.19. The minimum atomic E-state index is -0.228. The minimum absolute atomic E-state index is 0.0861. The molecular formula is C19H24N4O2. The Hall–Kier alpha value is -2.11. The maximum absolute atomic E-state index is 13.0. The van der Waals surface area contributed by atoms with Crippen molar-refractivity contribution in [3.8, 4) is 0 Å². The fraction of sp³-hybridized carbons (Fsp3) is 0.632. The van der Waals surface area contributed by atoms with Crippen molar-refractivity contribution in [2.24, 2.45) is 24.8 Å². The Labute approximate surface area is 146 Å². The molecule has 25 heavy (non-hydrogen) atoms. The number of amides is 1. The van der Waals surface area contributed by atoms with Gasteiger partial charge in [0.15, 0.2) is 0 Å². The lowest BCUT2D eigenvalue weighted by Crippen LogP contribution is -2.60. The highest BCUT2D eigenvalue weighted by molar-refractivity contribution is 5.97. The quantitative estimate of drug-likeness (QED) is 0.880. The average Bonchev–Trinajstić information content (AvgIpc) is 2.80. The van der Waals surface area contributed by atoms with Crippen molar-refractivity contribution in [1.29, 1.82) is 0 Å². The Balaban J connectivity index is 1.49. The molecule has 2 aromatic rings. The summed E-state index contributed by atoms with van der Waals surface area (Å²) in [6.45, 7) is 1.80. The van der Waals surface area contributed by atoms with Crippen LogP contribution in [0.15, 0.2) is 11.0 Å². The lowest BCUT2D eigenvalue weighted by Gasteiger charge is -2.56. The zero-order valence-corrected chi connectivity index (χ0v) is 14.8. The molecule has 1 amide bonds. The molecule has 4 aliphatic rings. The fourth-order valence-corrected chi connectivity index (χ4v) is 6.18. The summed E-state index contributed by atoms with van der Waals surface area (Å²) in [7, 11) is 1.79. The van der Waals surface area contributed by atoms with Crippen molar-refractivity contribution in [3.05, 3.63) is 27.7 Å². The highest BCUT2D eigenvalue weighted by atomic mass is 16.2. The highest BCUT2D eigenvalue weighted by Crippen LogP contribution is 2.55. The molecule has 2 N–H and O–H groups in total. The van der Waals surface area contributed by atoms with Crippen molar-refractivity contribution in [2.45, 2.75) is 51.0 Å². The second-order valence-corrected chi connectivity index (χ2v) is 8.62. The summed E-state index contributed by atoms with van der Waals surface area (Å²) in [5, 5.41) is 8.09. The van der Waals surface area contributed by atoms with Gasteiger partial charge in [0.05, 0.1) is 11.1 Å². The average molecular weight is 340 g/mol. The van der Waals surface area contributed by atoms with Crippen molar-refractivity contribution in [1.82, 2.24) is 20.1 Å². The third-order valence-corrected chi connectivity index (χ3v) is 6.71. The minimum Gasteiger partial charge on any atom is -0.346 e. The maximum atomic E-state index is 13.0. The predicted molar refractivity (Wildman–Crippen MR) is 94.4 cm³/mol. The number of hydrogen-bond acceptors (Lipinski definition) is 3. The van der Waals surface area contributed by atoms with Crippen LogP contribution < -0.4 is 10.7 Å². The Morgan fingerprint density at radius 1 is 1.24 bits per heavy atom. The molecule has 0 aliphatic heterocycles. The van der Waals surface area contributed by atoms with Crippen LogP contribution in [0.4, 0.5) is 0 Å². The van der Waals surface area contributed by atoms with Crippen molar-refractivity contribution in [2.75, 3.05) is 0 Å². The van der Waals surface area contributed by atoms with E-state index in [1.165, 1.54) is 19.3 Å². The fourth-order valence-electron chi connectivity index (χ4n) is 6.18. The van der Waals surface area contributed by atoms with E-state index in [2.05, 4.69) is 15.4 Å². The van der Waals surface area contributed by atoms with Crippen LogP contribution in [-0.2, 0) is 7.05 Å². The number of aryl methyl sites for hydroxylation is 2. The Morgan fingerprint density at radius 3 is 2.44 bits per heavy atom. The van der Waals surface area contributed by atoms with Crippen LogP contribution in [0.25, 0.3) is 11.0 Å². The monoisotopic (exact) mass is 340 g/mol. The Morgan fingerprint density at radius 2 is 1.84 bits per heavy atom. The molecule has 4 fully saturated rings. The van der Waals surface area contributed by atoms with Gasteiger partial charge in [0.25, 0.3) is 5.91 Å². The SMILES string of the molecule is Cc1nn(C)c2[nH]cc(C(=O)NC34CC5CC(CC(C5)C3)C4)c(=O)c12. The number of aromatic nitrogens is 3. The molecule has 6 nitrogen and oxygen atoms in total. The van der Waals surface area contributed by atoms with Gasteiger partial charge in [0.2, 0.25) is 5.43 Å². The molecule has 0 atom stereocenters. The first-order valence-electron chi connectivity index (χ1n) is 9.31. The molecule has 0 aromatic carbocycles. The van der Waals surface area contributed by atoms with E-state index in [4.69, 9.17) is 0 Å². The molecule has 4 aliphatic carbocycles. The summed E-state index contributed by atoms with van der Waals surface area (Å²) < 4.78 is 1.65. The lowest BCUT2D eigenvalue weighted by atomic mass is 9.53. The molecule has 4 bridgehead atoms. The van der Waals surface area contributed by atoms with Gasteiger partial charge in [-0.3, -0.25) is 14.3 Å². The van der Waals surface area contributed by atoms with Crippen LogP contribution in [0.5, 0.6) is 0 Å². The smallest absolute Gasteiger partial charge is 0.257 e. The second-order valence-electron chi connectivity index (χ2n) is 8.62. The summed E-state index contributed by atoms with van der Waals surface area (Å²) in [5.74, 6) is 2.04. The van der Waals surface area contributed by atoms with Gasteiger partial charge in [-0.05, 0) is 63.2 Å². The van der Waals surface area contributed by atoms with E-state index >= 15 is 0 Å². The molecule has 4 saturated carbocycles. The second kappa shape index (κ2) is 4.96. The topological polar surface area (TPSA) is 79.8 Å². The number of aromatic amines is 1. The van der Waals surface area contributed by atoms with Gasteiger partial charge in [0, 0.05) is 18.8 Å². The highest BCUT2D eigenvalue weighted by Gasteiger charge is 2.51. The van der Waals surface area contributed by atoms with E-state index in [0.717, 1.165) is 37.0 Å². The number of pyridine rings is 1. The molecule has 6 rings (SSSR count). The van der Waals surface area contributed by atoms with Crippen LogP contribution in [0.1, 0.15) is 54.6 Å². The first kappa shape index (κ1) is 15.2. The standard InChI is InChI=1S/C19H24N4O2/c1-10-15-16(24)14(9-20-17(15)23(2)22-10)18(25)21-19-6-11-3-12(7-19)5-13(4-11)8-19/h9,11-13H,3-8H2,1-2H3,(H,20,24)(H,21,25). The van der Waals surface area contributed by atoms with Crippen LogP contribution in [0, 0.1) is 24.7 Å². The lowest BCUT2D eigenvalue weighted by molar-refractivity contribution is -0.0167. The molecule has 0 saturated heterocycles. The molecule has 0 radical (unpaired) electrons. The normalized spacial score (nSPS) is 33.1. The van der Waals surface area contributed by atoms with Crippen LogP contribution in [0.2, 0.25) is 0 Å². The summed E-state index contributed by atoms with van der Waals surface area (Å²) in [4.78, 5) is 28.9.